The fourth-order valence-corrected chi connectivity index (χ4v) is 5.57. The highest BCUT2D eigenvalue weighted by Crippen LogP contribution is 2.40. The third kappa shape index (κ3) is 2.64. The summed E-state index contributed by atoms with van der Waals surface area (Å²) in [4.78, 5) is -0.789. The summed E-state index contributed by atoms with van der Waals surface area (Å²) >= 11 is 24.2. The number of hydrogen-bond donors (Lipinski definition) is 0. The van der Waals surface area contributed by atoms with Crippen molar-refractivity contribution in [3.05, 3.63) is 30.3 Å². The lowest BCUT2D eigenvalue weighted by Crippen LogP contribution is -2.59. The molecular weight excluding hydrogens is 290 g/mol. The van der Waals surface area contributed by atoms with Gasteiger partial charge in [-0.25, -0.2) is 0 Å². The monoisotopic (exact) mass is 300 g/mol. The van der Waals surface area contributed by atoms with Gasteiger partial charge in [-0.2, -0.15) is 0 Å². The van der Waals surface area contributed by atoms with Crippen molar-refractivity contribution in [2.45, 2.75) is 21.9 Å². The Bertz CT molecular complexity index is 321. The maximum atomic E-state index is 6.26. The molecule has 0 aliphatic carbocycles. The van der Waals surface area contributed by atoms with E-state index in [0.29, 0.717) is 0 Å². The molecule has 84 valence electrons. The molecule has 0 saturated carbocycles. The Kier molecular flexibility index (Phi) is 4.41. The Morgan fingerprint density at radius 2 is 1.53 bits per heavy atom. The molecule has 1 rings (SSSR count). The summed E-state index contributed by atoms with van der Waals surface area (Å²) in [7, 11) is -2.10. The zero-order chi connectivity index (χ0) is 11.7. The number of rotatable bonds is 3. The zero-order valence-electron chi connectivity index (χ0n) is 8.48. The van der Waals surface area contributed by atoms with Crippen LogP contribution < -0.4 is 5.19 Å². The van der Waals surface area contributed by atoms with Crippen LogP contribution in [0.3, 0.4) is 0 Å². The fourth-order valence-electron chi connectivity index (χ4n) is 1.32. The van der Waals surface area contributed by atoms with Crippen molar-refractivity contribution in [2.24, 2.45) is 0 Å². The van der Waals surface area contributed by atoms with Crippen LogP contribution in [0.15, 0.2) is 30.3 Å². The molecule has 0 fully saturated rings. The summed E-state index contributed by atoms with van der Waals surface area (Å²) < 4.78 is -1.09. The molecule has 0 unspecified atom stereocenters. The lowest BCUT2D eigenvalue weighted by molar-refractivity contribution is 1.12. The van der Waals surface area contributed by atoms with Gasteiger partial charge in [-0.15, -0.1) is 46.4 Å². The summed E-state index contributed by atoms with van der Waals surface area (Å²) in [5.74, 6) is 0. The van der Waals surface area contributed by atoms with Crippen LogP contribution in [0.2, 0.25) is 13.1 Å². The normalized spacial score (nSPS) is 13.3. The second kappa shape index (κ2) is 4.85. The van der Waals surface area contributed by atoms with E-state index in [9.17, 15) is 0 Å². The Labute approximate surface area is 111 Å². The third-order valence-electron chi connectivity index (χ3n) is 2.60. The average Bonchev–Trinajstić information content (AvgIpc) is 2.18. The summed E-state index contributed by atoms with van der Waals surface area (Å²) in [6.45, 7) is 4.11. The topological polar surface area (TPSA) is 0 Å². The highest BCUT2D eigenvalue weighted by Gasteiger charge is 2.49. The Balaban J connectivity index is 3.13. The average molecular weight is 302 g/mol. The molecule has 0 N–H and O–H groups in total. The van der Waals surface area contributed by atoms with E-state index in [0.717, 1.165) is 5.19 Å². The van der Waals surface area contributed by atoms with Crippen molar-refractivity contribution >= 4 is 59.7 Å². The largest absolute Gasteiger partial charge is 0.141 e. The van der Waals surface area contributed by atoms with E-state index in [1.807, 2.05) is 30.3 Å². The van der Waals surface area contributed by atoms with Gasteiger partial charge < -0.3 is 0 Å². The molecule has 0 spiro atoms. The molecule has 0 nitrogen and oxygen atoms in total. The minimum Gasteiger partial charge on any atom is -0.102 e. The quantitative estimate of drug-likeness (QED) is 0.582. The Hall–Kier alpha value is 0.597. The first-order valence-electron chi connectivity index (χ1n) is 4.51. The van der Waals surface area contributed by atoms with E-state index >= 15 is 0 Å². The molecule has 0 bridgehead atoms. The van der Waals surface area contributed by atoms with E-state index in [1.54, 1.807) is 0 Å². The lowest BCUT2D eigenvalue weighted by Gasteiger charge is -2.36. The van der Waals surface area contributed by atoms with Gasteiger partial charge in [0.25, 0.3) is 0 Å². The number of alkyl halides is 4. The first-order valence-corrected chi connectivity index (χ1v) is 9.14. The van der Waals surface area contributed by atoms with Crippen LogP contribution in [0.4, 0.5) is 0 Å². The molecule has 0 aromatic heterocycles. The Morgan fingerprint density at radius 1 is 1.07 bits per heavy atom. The molecule has 15 heavy (non-hydrogen) atoms. The van der Waals surface area contributed by atoms with Crippen LogP contribution in [0.1, 0.15) is 0 Å². The minimum absolute atomic E-state index is 0.789. The first kappa shape index (κ1) is 13.7. The molecule has 0 aliphatic rings. The van der Waals surface area contributed by atoms with Gasteiger partial charge in [-0.05, 0) is 0 Å². The molecule has 0 radical (unpaired) electrons. The number of benzene rings is 1. The third-order valence-corrected chi connectivity index (χ3v) is 11.1. The summed E-state index contributed by atoms with van der Waals surface area (Å²) in [6.07, 6.45) is 0. The van der Waals surface area contributed by atoms with Crippen molar-refractivity contribution < 1.29 is 0 Å². The minimum atomic E-state index is -2.10. The molecule has 1 aromatic rings. The van der Waals surface area contributed by atoms with E-state index in [4.69, 9.17) is 46.4 Å². The Morgan fingerprint density at radius 3 is 1.93 bits per heavy atom. The molecular formula is C10H12Cl4Si. The zero-order valence-corrected chi connectivity index (χ0v) is 12.5. The van der Waals surface area contributed by atoms with Gasteiger partial charge in [0, 0.05) is 0 Å². The SMILES string of the molecule is C[Si](C)(c1ccccc1)C(Cl)(Cl)C(Cl)Cl. The molecule has 0 aliphatic heterocycles. The molecule has 0 atom stereocenters. The smallest absolute Gasteiger partial charge is 0.102 e. The van der Waals surface area contributed by atoms with Gasteiger partial charge in [0.1, 0.15) is 16.9 Å². The van der Waals surface area contributed by atoms with Crippen LogP contribution in [-0.2, 0) is 0 Å². The first-order chi connectivity index (χ1) is 6.80. The van der Waals surface area contributed by atoms with Crippen molar-refractivity contribution in [1.29, 1.82) is 0 Å². The predicted molar refractivity (Wildman–Crippen MR) is 73.5 cm³/mol. The van der Waals surface area contributed by atoms with Gasteiger partial charge in [-0.1, -0.05) is 48.6 Å². The highest BCUT2D eigenvalue weighted by molar-refractivity contribution is 7.05. The summed E-state index contributed by atoms with van der Waals surface area (Å²) in [6, 6.07) is 9.91. The van der Waals surface area contributed by atoms with Crippen LogP contribution in [0.5, 0.6) is 0 Å². The molecule has 0 amide bonds. The van der Waals surface area contributed by atoms with E-state index < -0.39 is 16.9 Å². The van der Waals surface area contributed by atoms with Crippen molar-refractivity contribution in [3.8, 4) is 0 Å². The maximum absolute atomic E-state index is 6.26. The van der Waals surface area contributed by atoms with Gasteiger partial charge in [0.15, 0.2) is 0 Å². The maximum Gasteiger partial charge on any atom is 0.141 e. The van der Waals surface area contributed by atoms with Crippen LogP contribution in [0.25, 0.3) is 0 Å². The van der Waals surface area contributed by atoms with Gasteiger partial charge in [-0.3, -0.25) is 0 Å². The van der Waals surface area contributed by atoms with Crippen molar-refractivity contribution in [3.63, 3.8) is 0 Å². The van der Waals surface area contributed by atoms with Gasteiger partial charge >= 0.3 is 0 Å². The van der Waals surface area contributed by atoms with Crippen LogP contribution in [-0.4, -0.2) is 16.9 Å². The van der Waals surface area contributed by atoms with Gasteiger partial charge in [0.05, 0.1) is 0 Å². The van der Waals surface area contributed by atoms with Crippen molar-refractivity contribution in [2.75, 3.05) is 0 Å². The summed E-state index contributed by atoms with van der Waals surface area (Å²) in [5, 5.41) is 1.14. The highest BCUT2D eigenvalue weighted by atomic mass is 35.5. The van der Waals surface area contributed by atoms with E-state index in [-0.39, 0.29) is 0 Å². The molecule has 5 heteroatoms. The van der Waals surface area contributed by atoms with Gasteiger partial charge in [0.2, 0.25) is 0 Å². The number of halogens is 4. The second-order valence-corrected chi connectivity index (χ2v) is 11.6. The predicted octanol–water partition coefficient (Wildman–Crippen LogP) is 4.12. The molecule has 1 aromatic carbocycles. The lowest BCUT2D eigenvalue weighted by atomic mass is 10.4. The van der Waals surface area contributed by atoms with E-state index in [2.05, 4.69) is 13.1 Å². The standard InChI is InChI=1S/C10H12Cl4Si/c1-15(2,10(13,14)9(11)12)8-6-4-3-5-7-8/h3-7,9H,1-2H3. The van der Waals surface area contributed by atoms with Crippen LogP contribution >= 0.6 is 46.4 Å². The van der Waals surface area contributed by atoms with E-state index in [1.165, 1.54) is 0 Å². The second-order valence-electron chi connectivity index (χ2n) is 3.91. The molecule has 0 saturated heterocycles. The number of hydrogen-bond acceptors (Lipinski definition) is 0. The molecule has 0 heterocycles. The summed E-state index contributed by atoms with van der Waals surface area (Å²) in [5.41, 5.74) is 0. The fraction of sp³-hybridized carbons (Fsp3) is 0.400. The van der Waals surface area contributed by atoms with Crippen LogP contribution in [0, 0.1) is 0 Å². The van der Waals surface area contributed by atoms with Crippen molar-refractivity contribution in [1.82, 2.24) is 0 Å².